The molecular formula is C20H28N4O6S. The lowest BCUT2D eigenvalue weighted by Gasteiger charge is -2.29. The fourth-order valence-corrected chi connectivity index (χ4v) is 4.93. The van der Waals surface area contributed by atoms with Crippen molar-refractivity contribution in [3.8, 4) is 0 Å². The summed E-state index contributed by atoms with van der Waals surface area (Å²) in [5, 5.41) is 5.51. The summed E-state index contributed by atoms with van der Waals surface area (Å²) in [6, 6.07) is 4.24. The largest absolute Gasteiger partial charge is 0.460 e. The van der Waals surface area contributed by atoms with Crippen molar-refractivity contribution >= 4 is 33.6 Å². The zero-order chi connectivity index (χ0) is 22.4. The number of fused-ring (bicyclic) bond motifs is 1. The van der Waals surface area contributed by atoms with Gasteiger partial charge < -0.3 is 25.8 Å². The third-order valence-corrected chi connectivity index (χ3v) is 6.74. The minimum atomic E-state index is -4.04. The van der Waals surface area contributed by atoms with E-state index in [-0.39, 0.29) is 29.8 Å². The molecule has 0 spiro atoms. The molecule has 1 heterocycles. The topological polar surface area (TPSA) is 149 Å². The summed E-state index contributed by atoms with van der Waals surface area (Å²) in [5.41, 5.74) is 6.55. The van der Waals surface area contributed by atoms with E-state index in [4.69, 9.17) is 15.2 Å². The number of rotatable bonds is 7. The van der Waals surface area contributed by atoms with Gasteiger partial charge in [0, 0.05) is 12.6 Å². The van der Waals surface area contributed by atoms with Crippen LogP contribution < -0.4 is 16.4 Å². The standard InChI is InChI=1S/C20H28N4O6S/c1-2-29-19(25)18-22-15-10-13(8-9-17(15)31(27,28)24-18)12-30-20(26)23-16(11-21)14-6-4-3-5-7-14/h8-10,14,16H,2-7,11-12,21H2,1H3,(H,22,24)(H,23,26). The summed E-state index contributed by atoms with van der Waals surface area (Å²) in [5.74, 6) is -0.929. The number of nitrogens with one attached hydrogen (secondary N) is 2. The predicted molar refractivity (Wildman–Crippen MR) is 114 cm³/mol. The first kappa shape index (κ1) is 23.0. The van der Waals surface area contributed by atoms with Crippen LogP contribution in [0.15, 0.2) is 27.5 Å². The number of ether oxygens (including phenoxy) is 2. The van der Waals surface area contributed by atoms with E-state index < -0.39 is 27.9 Å². The molecule has 1 aliphatic carbocycles. The molecule has 0 radical (unpaired) electrons. The Kier molecular flexibility index (Phi) is 7.50. The van der Waals surface area contributed by atoms with Crippen LogP contribution in [-0.2, 0) is 30.9 Å². The van der Waals surface area contributed by atoms with Gasteiger partial charge in [0.15, 0.2) is 0 Å². The molecule has 0 saturated heterocycles. The van der Waals surface area contributed by atoms with E-state index in [0.29, 0.717) is 18.0 Å². The summed E-state index contributed by atoms with van der Waals surface area (Å²) in [4.78, 5) is 24.1. The molecule has 4 N–H and O–H groups in total. The molecule has 31 heavy (non-hydrogen) atoms. The second-order valence-corrected chi connectivity index (χ2v) is 9.12. The van der Waals surface area contributed by atoms with Gasteiger partial charge in [-0.2, -0.15) is 8.42 Å². The number of sulfonamides is 1. The van der Waals surface area contributed by atoms with Gasteiger partial charge >= 0.3 is 12.1 Å². The number of benzene rings is 1. The molecule has 170 valence electrons. The molecule has 1 saturated carbocycles. The molecule has 0 aromatic heterocycles. The number of esters is 1. The molecule has 10 nitrogen and oxygen atoms in total. The van der Waals surface area contributed by atoms with Crippen LogP contribution in [0.2, 0.25) is 0 Å². The number of anilines is 1. The first-order valence-electron chi connectivity index (χ1n) is 10.4. The molecule has 1 aliphatic heterocycles. The molecule has 1 amide bonds. The van der Waals surface area contributed by atoms with Crippen molar-refractivity contribution in [2.75, 3.05) is 18.5 Å². The van der Waals surface area contributed by atoms with Gasteiger partial charge in [0.1, 0.15) is 11.5 Å². The highest BCUT2D eigenvalue weighted by molar-refractivity contribution is 7.90. The lowest BCUT2D eigenvalue weighted by atomic mass is 9.84. The Hall–Kier alpha value is -2.66. The third-order valence-electron chi connectivity index (χ3n) is 5.40. The number of amidine groups is 1. The maximum atomic E-state index is 12.3. The number of nitrogens with two attached hydrogens (primary N) is 1. The highest BCUT2D eigenvalue weighted by atomic mass is 32.2. The van der Waals surface area contributed by atoms with Crippen LogP contribution in [0.3, 0.4) is 0 Å². The van der Waals surface area contributed by atoms with Crippen molar-refractivity contribution < 1.29 is 27.5 Å². The molecule has 1 aromatic rings. The summed E-state index contributed by atoms with van der Waals surface area (Å²) in [7, 11) is -4.04. The van der Waals surface area contributed by atoms with E-state index in [1.165, 1.54) is 24.6 Å². The van der Waals surface area contributed by atoms with Gasteiger partial charge in [-0.3, -0.25) is 0 Å². The number of amides is 1. The second-order valence-electron chi connectivity index (χ2n) is 7.55. The Morgan fingerprint density at radius 3 is 2.68 bits per heavy atom. The molecule has 0 bridgehead atoms. The van der Waals surface area contributed by atoms with E-state index in [9.17, 15) is 18.0 Å². The summed E-state index contributed by atoms with van der Waals surface area (Å²) in [6.45, 7) is 1.96. The summed E-state index contributed by atoms with van der Waals surface area (Å²) < 4.78 is 38.2. The Balaban J connectivity index is 1.63. The van der Waals surface area contributed by atoms with Crippen molar-refractivity contribution in [1.29, 1.82) is 0 Å². The lowest BCUT2D eigenvalue weighted by molar-refractivity contribution is -0.135. The smallest absolute Gasteiger partial charge is 0.407 e. The minimum Gasteiger partial charge on any atom is -0.460 e. The number of alkyl carbamates (subject to hydrolysis) is 1. The molecule has 2 aliphatic rings. The van der Waals surface area contributed by atoms with Crippen LogP contribution in [-0.4, -0.2) is 45.5 Å². The highest BCUT2D eigenvalue weighted by Gasteiger charge is 2.29. The summed E-state index contributed by atoms with van der Waals surface area (Å²) in [6.07, 6.45) is 4.99. The van der Waals surface area contributed by atoms with E-state index >= 15 is 0 Å². The van der Waals surface area contributed by atoms with Crippen LogP contribution in [0, 0.1) is 5.92 Å². The third kappa shape index (κ3) is 5.73. The zero-order valence-electron chi connectivity index (χ0n) is 17.4. The number of carbonyl (C=O) groups excluding carboxylic acids is 2. The average molecular weight is 453 g/mol. The molecular weight excluding hydrogens is 424 g/mol. The average Bonchev–Trinajstić information content (AvgIpc) is 2.76. The molecule has 1 aromatic carbocycles. The fourth-order valence-electron chi connectivity index (χ4n) is 3.84. The van der Waals surface area contributed by atoms with Crippen molar-refractivity contribution in [2.24, 2.45) is 16.0 Å². The van der Waals surface area contributed by atoms with Crippen molar-refractivity contribution in [2.45, 2.75) is 56.6 Å². The van der Waals surface area contributed by atoms with E-state index in [1.807, 2.05) is 0 Å². The molecule has 11 heteroatoms. The fraction of sp³-hybridized carbons (Fsp3) is 0.550. The van der Waals surface area contributed by atoms with Crippen LogP contribution in [0.25, 0.3) is 0 Å². The van der Waals surface area contributed by atoms with Crippen LogP contribution in [0.5, 0.6) is 0 Å². The Morgan fingerprint density at radius 2 is 2.00 bits per heavy atom. The van der Waals surface area contributed by atoms with Crippen molar-refractivity contribution in [3.63, 3.8) is 0 Å². The van der Waals surface area contributed by atoms with Gasteiger partial charge in [-0.25, -0.2) is 9.59 Å². The van der Waals surface area contributed by atoms with Crippen LogP contribution in [0.4, 0.5) is 10.5 Å². The monoisotopic (exact) mass is 452 g/mol. The second kappa shape index (κ2) is 10.1. The van der Waals surface area contributed by atoms with Gasteiger partial charge in [0.05, 0.1) is 12.3 Å². The minimum absolute atomic E-state index is 0.0747. The van der Waals surface area contributed by atoms with Gasteiger partial charge in [0.2, 0.25) is 5.84 Å². The Labute approximate surface area is 181 Å². The van der Waals surface area contributed by atoms with E-state index in [2.05, 4.69) is 15.0 Å². The van der Waals surface area contributed by atoms with Gasteiger partial charge in [0.25, 0.3) is 10.0 Å². The maximum Gasteiger partial charge on any atom is 0.407 e. The SMILES string of the molecule is CCOC(=O)C1=NS(=O)(=O)c2ccc(COC(=O)NC(CN)C3CCCCC3)cc2N1. The van der Waals surface area contributed by atoms with Gasteiger partial charge in [-0.15, -0.1) is 4.40 Å². The number of hydrogen-bond acceptors (Lipinski definition) is 8. The van der Waals surface area contributed by atoms with Crippen LogP contribution >= 0.6 is 0 Å². The number of carbonyl (C=O) groups is 2. The normalized spacial score (nSPS) is 18.7. The number of hydrogen-bond donors (Lipinski definition) is 3. The quantitative estimate of drug-likeness (QED) is 0.531. The Bertz CT molecular complexity index is 956. The molecule has 1 atom stereocenters. The van der Waals surface area contributed by atoms with Crippen molar-refractivity contribution in [3.05, 3.63) is 23.8 Å². The summed E-state index contributed by atoms with van der Waals surface area (Å²) >= 11 is 0. The first-order chi connectivity index (χ1) is 14.8. The molecule has 3 rings (SSSR count). The number of nitrogens with zero attached hydrogens (tertiary/aromatic N) is 1. The van der Waals surface area contributed by atoms with Gasteiger partial charge in [-0.05, 0) is 43.4 Å². The van der Waals surface area contributed by atoms with Gasteiger partial charge in [-0.1, -0.05) is 25.3 Å². The Morgan fingerprint density at radius 1 is 1.26 bits per heavy atom. The van der Waals surface area contributed by atoms with Crippen LogP contribution in [0.1, 0.15) is 44.6 Å². The van der Waals surface area contributed by atoms with E-state index in [1.54, 1.807) is 6.92 Å². The van der Waals surface area contributed by atoms with Crippen molar-refractivity contribution in [1.82, 2.24) is 5.32 Å². The first-order valence-corrected chi connectivity index (χ1v) is 11.8. The lowest BCUT2D eigenvalue weighted by Crippen LogP contribution is -2.46. The molecule has 1 unspecified atom stereocenters. The highest BCUT2D eigenvalue weighted by Crippen LogP contribution is 2.29. The van der Waals surface area contributed by atoms with E-state index in [0.717, 1.165) is 25.7 Å². The maximum absolute atomic E-state index is 12.3. The molecule has 1 fully saturated rings. The zero-order valence-corrected chi connectivity index (χ0v) is 18.2. The predicted octanol–water partition coefficient (Wildman–Crippen LogP) is 1.90.